The molecule has 4 rings (SSSR count). The Labute approximate surface area is 186 Å². The maximum absolute atomic E-state index is 12.3. The quantitative estimate of drug-likeness (QED) is 0.423. The fourth-order valence-corrected chi connectivity index (χ4v) is 3.28. The summed E-state index contributed by atoms with van der Waals surface area (Å²) in [5.41, 5.74) is 3.94. The number of pyridine rings is 1. The van der Waals surface area contributed by atoms with E-state index >= 15 is 0 Å². The van der Waals surface area contributed by atoms with Crippen molar-refractivity contribution in [2.24, 2.45) is 7.05 Å². The van der Waals surface area contributed by atoms with Crippen LogP contribution in [0.1, 0.15) is 24.5 Å². The number of ether oxygens (including phenoxy) is 2. The van der Waals surface area contributed by atoms with Crippen molar-refractivity contribution in [1.82, 2.24) is 24.8 Å². The van der Waals surface area contributed by atoms with E-state index in [1.165, 1.54) is 9.36 Å². The molecule has 0 aliphatic carbocycles. The van der Waals surface area contributed by atoms with Crippen molar-refractivity contribution in [3.63, 3.8) is 0 Å². The fraction of sp³-hybridized carbons (Fsp3) is 0.250. The Morgan fingerprint density at radius 2 is 1.72 bits per heavy atom. The third-order valence-electron chi connectivity index (χ3n) is 5.05. The van der Waals surface area contributed by atoms with Crippen molar-refractivity contribution >= 4 is 0 Å². The van der Waals surface area contributed by atoms with Crippen molar-refractivity contribution in [1.29, 1.82) is 0 Å². The zero-order valence-electron chi connectivity index (χ0n) is 18.4. The molecular weight excluding hydrogens is 406 g/mol. The summed E-state index contributed by atoms with van der Waals surface area (Å²) in [5.74, 6) is 1.34. The first-order valence-electron chi connectivity index (χ1n) is 10.5. The van der Waals surface area contributed by atoms with Crippen molar-refractivity contribution in [2.45, 2.75) is 26.9 Å². The number of aryl methyl sites for hydroxylation is 2. The molecule has 0 unspecified atom stereocenters. The van der Waals surface area contributed by atoms with Crippen molar-refractivity contribution in [2.75, 3.05) is 6.61 Å². The van der Waals surface area contributed by atoms with Gasteiger partial charge < -0.3 is 9.47 Å². The topological polar surface area (TPSA) is 84.1 Å². The van der Waals surface area contributed by atoms with Gasteiger partial charge in [0.25, 0.3) is 0 Å². The number of tetrazole rings is 1. The molecule has 0 radical (unpaired) electrons. The monoisotopic (exact) mass is 431 g/mol. The molecule has 0 saturated carbocycles. The number of hydrogen-bond acceptors (Lipinski definition) is 6. The summed E-state index contributed by atoms with van der Waals surface area (Å²) in [6, 6.07) is 19.2. The molecule has 2 heterocycles. The first-order chi connectivity index (χ1) is 15.6. The minimum absolute atomic E-state index is 0.241. The van der Waals surface area contributed by atoms with Gasteiger partial charge in [0.2, 0.25) is 5.88 Å². The average molecular weight is 431 g/mol. The van der Waals surface area contributed by atoms with Crippen LogP contribution in [0, 0.1) is 6.92 Å². The van der Waals surface area contributed by atoms with Gasteiger partial charge in [0.15, 0.2) is 0 Å². The molecule has 0 fully saturated rings. The van der Waals surface area contributed by atoms with Crippen LogP contribution in [-0.4, -0.2) is 31.4 Å². The molecule has 32 heavy (non-hydrogen) atoms. The summed E-state index contributed by atoms with van der Waals surface area (Å²) in [4.78, 5) is 17.0. The van der Waals surface area contributed by atoms with Crippen molar-refractivity contribution in [3.05, 3.63) is 82.3 Å². The van der Waals surface area contributed by atoms with Gasteiger partial charge in [0.05, 0.1) is 18.0 Å². The van der Waals surface area contributed by atoms with E-state index in [0.717, 1.165) is 34.6 Å². The zero-order chi connectivity index (χ0) is 22.5. The van der Waals surface area contributed by atoms with Crippen LogP contribution in [0.4, 0.5) is 0 Å². The molecule has 0 bridgehead atoms. The first-order valence-corrected chi connectivity index (χ1v) is 10.5. The van der Waals surface area contributed by atoms with Gasteiger partial charge in [-0.15, -0.1) is 0 Å². The molecule has 0 aliphatic heterocycles. The van der Waals surface area contributed by atoms with Gasteiger partial charge in [0.1, 0.15) is 12.4 Å². The second-order valence-corrected chi connectivity index (χ2v) is 7.39. The Kier molecular flexibility index (Phi) is 6.30. The molecule has 8 nitrogen and oxygen atoms in total. The Balaban J connectivity index is 1.54. The van der Waals surface area contributed by atoms with Crippen LogP contribution < -0.4 is 15.2 Å². The van der Waals surface area contributed by atoms with Crippen LogP contribution in [0.25, 0.3) is 16.9 Å². The standard InChI is InChI=1S/C24H25N5O3/c1-4-15-31-19-13-11-18(12-14-19)21-8-6-10-23(25-21)32-16-20-17(2)7-5-9-22(20)29-24(30)28(3)26-27-29/h5-14H,4,15-16H2,1-3H3. The Morgan fingerprint density at radius 1 is 0.938 bits per heavy atom. The summed E-state index contributed by atoms with van der Waals surface area (Å²) in [5, 5.41) is 7.76. The lowest BCUT2D eigenvalue weighted by molar-refractivity contribution is 0.293. The molecule has 0 N–H and O–H groups in total. The van der Waals surface area contributed by atoms with Gasteiger partial charge in [-0.2, -0.15) is 9.36 Å². The molecule has 0 amide bonds. The second-order valence-electron chi connectivity index (χ2n) is 7.39. The van der Waals surface area contributed by atoms with E-state index < -0.39 is 0 Å². The van der Waals surface area contributed by atoms with E-state index in [1.807, 2.05) is 67.6 Å². The van der Waals surface area contributed by atoms with Crippen LogP contribution in [0.2, 0.25) is 0 Å². The SMILES string of the molecule is CCCOc1ccc(-c2cccc(OCc3c(C)cccc3-n3nnn(C)c3=O)n2)cc1. The van der Waals surface area contributed by atoms with Crippen LogP contribution in [-0.2, 0) is 13.7 Å². The summed E-state index contributed by atoms with van der Waals surface area (Å²) < 4.78 is 14.1. The fourth-order valence-electron chi connectivity index (χ4n) is 3.28. The number of rotatable bonds is 8. The van der Waals surface area contributed by atoms with E-state index in [0.29, 0.717) is 18.2 Å². The highest BCUT2D eigenvalue weighted by atomic mass is 16.5. The van der Waals surface area contributed by atoms with Gasteiger partial charge in [-0.05, 0) is 65.7 Å². The van der Waals surface area contributed by atoms with E-state index in [-0.39, 0.29) is 12.3 Å². The maximum atomic E-state index is 12.3. The van der Waals surface area contributed by atoms with Crippen LogP contribution in [0.15, 0.2) is 65.5 Å². The highest BCUT2D eigenvalue weighted by molar-refractivity contribution is 5.60. The lowest BCUT2D eigenvalue weighted by Gasteiger charge is -2.13. The molecule has 8 heteroatoms. The van der Waals surface area contributed by atoms with E-state index in [9.17, 15) is 4.79 Å². The molecule has 164 valence electrons. The highest BCUT2D eigenvalue weighted by Gasteiger charge is 2.14. The lowest BCUT2D eigenvalue weighted by Crippen LogP contribution is -2.23. The Morgan fingerprint density at radius 3 is 2.44 bits per heavy atom. The van der Waals surface area contributed by atoms with Gasteiger partial charge >= 0.3 is 5.69 Å². The van der Waals surface area contributed by atoms with E-state index in [4.69, 9.17) is 9.47 Å². The maximum Gasteiger partial charge on any atom is 0.368 e. The van der Waals surface area contributed by atoms with Crippen LogP contribution >= 0.6 is 0 Å². The first kappa shape index (κ1) is 21.3. The number of nitrogens with zero attached hydrogens (tertiary/aromatic N) is 5. The minimum atomic E-state index is -0.316. The van der Waals surface area contributed by atoms with Crippen molar-refractivity contribution < 1.29 is 9.47 Å². The number of aromatic nitrogens is 5. The predicted octanol–water partition coefficient (Wildman–Crippen LogP) is 3.70. The van der Waals surface area contributed by atoms with Crippen LogP contribution in [0.5, 0.6) is 11.6 Å². The molecule has 0 atom stereocenters. The molecular formula is C24H25N5O3. The van der Waals surface area contributed by atoms with Crippen molar-refractivity contribution in [3.8, 4) is 28.6 Å². The largest absolute Gasteiger partial charge is 0.494 e. The second kappa shape index (κ2) is 9.47. The molecule has 2 aromatic carbocycles. The smallest absolute Gasteiger partial charge is 0.368 e. The molecule has 2 aromatic heterocycles. The molecule has 0 spiro atoms. The van der Waals surface area contributed by atoms with Gasteiger partial charge in [0, 0.05) is 24.2 Å². The lowest BCUT2D eigenvalue weighted by atomic mass is 10.1. The molecule has 0 aliphatic rings. The Bertz CT molecular complexity index is 1260. The summed E-state index contributed by atoms with van der Waals surface area (Å²) in [6.45, 7) is 4.98. The van der Waals surface area contributed by atoms with Gasteiger partial charge in [-0.25, -0.2) is 9.78 Å². The Hall–Kier alpha value is -3.94. The van der Waals surface area contributed by atoms with Gasteiger partial charge in [-0.1, -0.05) is 25.1 Å². The predicted molar refractivity (Wildman–Crippen MR) is 121 cm³/mol. The minimum Gasteiger partial charge on any atom is -0.494 e. The average Bonchev–Trinajstić information content (AvgIpc) is 3.15. The summed E-state index contributed by atoms with van der Waals surface area (Å²) in [7, 11) is 1.57. The highest BCUT2D eigenvalue weighted by Crippen LogP contribution is 2.24. The molecule has 0 saturated heterocycles. The van der Waals surface area contributed by atoms with E-state index in [2.05, 4.69) is 22.3 Å². The van der Waals surface area contributed by atoms with Crippen LogP contribution in [0.3, 0.4) is 0 Å². The van der Waals surface area contributed by atoms with E-state index in [1.54, 1.807) is 7.05 Å². The summed E-state index contributed by atoms with van der Waals surface area (Å²) in [6.07, 6.45) is 0.969. The third-order valence-corrected chi connectivity index (χ3v) is 5.05. The number of hydrogen-bond donors (Lipinski definition) is 0. The number of benzene rings is 2. The third kappa shape index (κ3) is 4.54. The van der Waals surface area contributed by atoms with Gasteiger partial charge in [-0.3, -0.25) is 0 Å². The summed E-state index contributed by atoms with van der Waals surface area (Å²) >= 11 is 0. The normalized spacial score (nSPS) is 10.8. The zero-order valence-corrected chi connectivity index (χ0v) is 18.4. The molecule has 4 aromatic rings.